The van der Waals surface area contributed by atoms with E-state index in [0.29, 0.717) is 33.5 Å². The monoisotopic (exact) mass is 832 g/mol. The molecule has 8 rings (SSSR count). The van der Waals surface area contributed by atoms with E-state index in [0.717, 1.165) is 56.3 Å². The van der Waals surface area contributed by atoms with Crippen LogP contribution in [0.2, 0.25) is 0 Å². The molecule has 0 aliphatic rings. The Kier molecular flexibility index (Phi) is 14.3. The predicted molar refractivity (Wildman–Crippen MR) is 236 cm³/mol. The maximum absolute atomic E-state index is 11.1. The maximum Gasteiger partial charge on any atom is 0.341 e. The molecule has 2 aromatic heterocycles. The molecule has 0 radical (unpaired) electrons. The molecule has 0 aliphatic carbocycles. The van der Waals surface area contributed by atoms with Crippen molar-refractivity contribution in [2.45, 2.75) is 28.9 Å². The van der Waals surface area contributed by atoms with Gasteiger partial charge in [-0.3, -0.25) is 4.79 Å². The van der Waals surface area contributed by atoms with Crippen molar-refractivity contribution < 1.29 is 33.0 Å². The number of hydrogen-bond donors (Lipinski definition) is 1. The summed E-state index contributed by atoms with van der Waals surface area (Å²) < 4.78 is 23.0. The Bertz CT molecular complexity index is 2320. The second-order valence-corrected chi connectivity index (χ2v) is 15.2. The summed E-state index contributed by atoms with van der Waals surface area (Å²) in [6, 6.07) is 55.1. The SMILES string of the molecule is CC(=O)COc1cccc(CSc2nc(-c3ccccc3)c(-c3ccccc3)o2)c1.O=C(O)COc1cccc(CSc2nc(-c3ccccc3)c(-c3ccccc3)o2)c1. The quantitative estimate of drug-likeness (QED) is 0.0935. The van der Waals surface area contributed by atoms with Crippen molar-refractivity contribution in [1.29, 1.82) is 0 Å². The lowest BCUT2D eigenvalue weighted by Crippen LogP contribution is -2.09. The van der Waals surface area contributed by atoms with Crippen molar-refractivity contribution in [3.8, 4) is 56.7 Å². The number of hydrogen-bond acceptors (Lipinski definition) is 10. The number of carbonyl (C=O) groups excluding carboxylic acids is 1. The molecule has 11 heteroatoms. The van der Waals surface area contributed by atoms with Gasteiger partial charge in [-0.1, -0.05) is 169 Å². The summed E-state index contributed by atoms with van der Waals surface area (Å²) in [5, 5.41) is 9.95. The Balaban J connectivity index is 0.000000181. The predicted octanol–water partition coefficient (Wildman–Crippen LogP) is 12.0. The van der Waals surface area contributed by atoms with Crippen LogP contribution in [0.4, 0.5) is 0 Å². The van der Waals surface area contributed by atoms with Gasteiger partial charge in [-0.25, -0.2) is 14.8 Å². The summed E-state index contributed by atoms with van der Waals surface area (Å²) in [6.07, 6.45) is 0. The van der Waals surface area contributed by atoms with E-state index in [4.69, 9.17) is 33.4 Å². The highest BCUT2D eigenvalue weighted by atomic mass is 32.2. The van der Waals surface area contributed by atoms with Crippen molar-refractivity contribution in [3.63, 3.8) is 0 Å². The largest absolute Gasteiger partial charge is 0.486 e. The van der Waals surface area contributed by atoms with Crippen molar-refractivity contribution >= 4 is 35.3 Å². The number of aliphatic carboxylic acids is 1. The molecule has 9 nitrogen and oxygen atoms in total. The average Bonchev–Trinajstić information content (AvgIpc) is 3.93. The molecule has 0 bridgehead atoms. The van der Waals surface area contributed by atoms with Gasteiger partial charge in [0.25, 0.3) is 10.4 Å². The second kappa shape index (κ2) is 20.7. The van der Waals surface area contributed by atoms with Gasteiger partial charge in [0.1, 0.15) is 29.5 Å². The van der Waals surface area contributed by atoms with Crippen molar-refractivity contribution in [2.75, 3.05) is 13.2 Å². The van der Waals surface area contributed by atoms with E-state index in [1.54, 1.807) is 6.07 Å². The van der Waals surface area contributed by atoms with E-state index in [1.807, 2.05) is 164 Å². The van der Waals surface area contributed by atoms with Crippen LogP contribution in [0.25, 0.3) is 45.2 Å². The van der Waals surface area contributed by atoms with Gasteiger partial charge in [0.05, 0.1) is 0 Å². The zero-order chi connectivity index (χ0) is 41.5. The third kappa shape index (κ3) is 11.6. The van der Waals surface area contributed by atoms with E-state index < -0.39 is 5.97 Å². The van der Waals surface area contributed by atoms with E-state index in [9.17, 15) is 9.59 Å². The highest BCUT2D eigenvalue weighted by molar-refractivity contribution is 7.98. The van der Waals surface area contributed by atoms with Gasteiger partial charge >= 0.3 is 5.97 Å². The summed E-state index contributed by atoms with van der Waals surface area (Å²) in [4.78, 5) is 31.3. The summed E-state index contributed by atoms with van der Waals surface area (Å²) >= 11 is 3.01. The van der Waals surface area contributed by atoms with Crippen molar-refractivity contribution in [3.05, 3.63) is 181 Å². The smallest absolute Gasteiger partial charge is 0.341 e. The molecule has 0 fully saturated rings. The van der Waals surface area contributed by atoms with Crippen LogP contribution in [0, 0.1) is 0 Å². The van der Waals surface area contributed by atoms with Crippen molar-refractivity contribution in [1.82, 2.24) is 9.97 Å². The van der Waals surface area contributed by atoms with Gasteiger partial charge in [-0.05, 0) is 42.3 Å². The molecule has 0 aliphatic heterocycles. The van der Waals surface area contributed by atoms with Crippen LogP contribution in [-0.4, -0.2) is 40.0 Å². The van der Waals surface area contributed by atoms with E-state index >= 15 is 0 Å². The Labute approximate surface area is 356 Å². The Morgan fingerprint density at radius 3 is 1.28 bits per heavy atom. The first-order valence-electron chi connectivity index (χ1n) is 19.0. The van der Waals surface area contributed by atoms with Gasteiger partial charge in [-0.15, -0.1) is 0 Å². The molecule has 0 atom stereocenters. The maximum atomic E-state index is 11.1. The van der Waals surface area contributed by atoms with Gasteiger partial charge in [0, 0.05) is 33.8 Å². The van der Waals surface area contributed by atoms with E-state index in [2.05, 4.69) is 0 Å². The van der Waals surface area contributed by atoms with Crippen LogP contribution >= 0.6 is 23.5 Å². The number of aromatic nitrogens is 2. The zero-order valence-electron chi connectivity index (χ0n) is 32.6. The zero-order valence-corrected chi connectivity index (χ0v) is 34.2. The molecule has 0 saturated carbocycles. The highest BCUT2D eigenvalue weighted by Gasteiger charge is 2.19. The van der Waals surface area contributed by atoms with Gasteiger partial charge in [0.2, 0.25) is 0 Å². The molecule has 1 N–H and O–H groups in total. The number of ether oxygens (including phenoxy) is 2. The van der Waals surface area contributed by atoms with Crippen LogP contribution in [-0.2, 0) is 21.1 Å². The lowest BCUT2D eigenvalue weighted by Gasteiger charge is -2.05. The minimum absolute atomic E-state index is 0.00329. The molecule has 0 unspecified atom stereocenters. The Morgan fingerprint density at radius 1 is 0.517 bits per heavy atom. The number of thioether (sulfide) groups is 2. The fourth-order valence-corrected chi connectivity index (χ4v) is 7.48. The number of carbonyl (C=O) groups is 2. The number of nitrogens with zero attached hydrogens (tertiary/aromatic N) is 2. The molecule has 8 aromatic rings. The molecule has 0 saturated heterocycles. The summed E-state index contributed by atoms with van der Waals surface area (Å²) in [7, 11) is 0. The Morgan fingerprint density at radius 2 is 0.900 bits per heavy atom. The lowest BCUT2D eigenvalue weighted by atomic mass is 10.1. The average molecular weight is 833 g/mol. The molecular weight excluding hydrogens is 793 g/mol. The number of ketones is 1. The minimum Gasteiger partial charge on any atom is -0.486 e. The van der Waals surface area contributed by atoms with Gasteiger partial charge < -0.3 is 23.4 Å². The summed E-state index contributed by atoms with van der Waals surface area (Å²) in [5.74, 6) is 3.01. The molecule has 0 amide bonds. The molecule has 60 heavy (non-hydrogen) atoms. The third-order valence-corrected chi connectivity index (χ3v) is 10.5. The number of oxazole rings is 2. The molecule has 300 valence electrons. The first-order chi connectivity index (χ1) is 29.4. The molecule has 0 spiro atoms. The minimum atomic E-state index is -1.00. The fourth-order valence-electron chi connectivity index (χ4n) is 5.95. The second-order valence-electron chi connectivity index (χ2n) is 13.3. The number of benzene rings is 6. The van der Waals surface area contributed by atoms with Crippen molar-refractivity contribution in [2.24, 2.45) is 0 Å². The van der Waals surface area contributed by atoms with Crippen LogP contribution < -0.4 is 9.47 Å². The first kappa shape index (κ1) is 41.3. The number of carboxylic acid groups (broad SMARTS) is 1. The topological polar surface area (TPSA) is 125 Å². The van der Waals surface area contributed by atoms with E-state index in [-0.39, 0.29) is 19.0 Å². The Hall–Kier alpha value is -6.82. The molecule has 2 heterocycles. The van der Waals surface area contributed by atoms with Crippen LogP contribution in [0.5, 0.6) is 11.5 Å². The third-order valence-electron chi connectivity index (χ3n) is 8.71. The normalized spacial score (nSPS) is 10.7. The van der Waals surface area contributed by atoms with Crippen LogP contribution in [0.3, 0.4) is 0 Å². The molecule has 6 aromatic carbocycles. The summed E-state index contributed by atoms with van der Waals surface area (Å²) in [6.45, 7) is 1.23. The number of carboxylic acids is 1. The van der Waals surface area contributed by atoms with E-state index in [1.165, 1.54) is 30.4 Å². The van der Waals surface area contributed by atoms with Gasteiger partial charge in [0.15, 0.2) is 23.9 Å². The number of Topliss-reactive ketones (excluding diaryl/α,β-unsaturated/α-hetero) is 1. The highest BCUT2D eigenvalue weighted by Crippen LogP contribution is 2.38. The number of rotatable bonds is 16. The van der Waals surface area contributed by atoms with Gasteiger partial charge in [-0.2, -0.15) is 0 Å². The summed E-state index contributed by atoms with van der Waals surface area (Å²) in [5.41, 5.74) is 7.69. The first-order valence-corrected chi connectivity index (χ1v) is 21.0. The van der Waals surface area contributed by atoms with Crippen LogP contribution in [0.15, 0.2) is 189 Å². The fraction of sp³-hybridized carbons (Fsp3) is 0.102. The van der Waals surface area contributed by atoms with Crippen LogP contribution in [0.1, 0.15) is 18.1 Å². The molecular formula is C49H40N2O7S2. The lowest BCUT2D eigenvalue weighted by molar-refractivity contribution is -0.139. The standard InChI is InChI=1S/C25H21NO3S.C24H19NO4S/c1-18(27)16-28-22-14-8-9-19(15-22)17-30-25-26-23(20-10-4-2-5-11-20)24(29-25)21-12-6-3-7-13-21;26-21(27)15-28-20-13-7-8-17(14-20)16-30-24-25-22(18-9-3-1-4-10-18)23(29-24)19-11-5-2-6-12-19/h2-15H,16-17H2,1H3;1-14H,15-16H2,(H,26,27).